The Morgan fingerprint density at radius 3 is 2.37 bits per heavy atom. The molecule has 2 N–H and O–H groups in total. The molecule has 5 heteroatoms. The van der Waals surface area contributed by atoms with Gasteiger partial charge in [-0.05, 0) is 13.0 Å². The van der Waals surface area contributed by atoms with E-state index in [0.29, 0.717) is 11.1 Å². The number of nitrogen functional groups attached to an aromatic ring is 1. The summed E-state index contributed by atoms with van der Waals surface area (Å²) in [6.45, 7) is 1.54. The second kappa shape index (κ2) is 4.89. The van der Waals surface area contributed by atoms with E-state index < -0.39 is 4.92 Å². The predicted molar refractivity (Wildman–Crippen MR) is 72.1 cm³/mol. The van der Waals surface area contributed by atoms with E-state index in [9.17, 15) is 14.9 Å². The van der Waals surface area contributed by atoms with E-state index in [1.54, 1.807) is 30.3 Å². The summed E-state index contributed by atoms with van der Waals surface area (Å²) < 4.78 is 0. The Kier molecular flexibility index (Phi) is 3.29. The lowest BCUT2D eigenvalue weighted by molar-refractivity contribution is -0.385. The number of carbonyl (C=O) groups excluding carboxylic acids is 1. The summed E-state index contributed by atoms with van der Waals surface area (Å²) in [6, 6.07) is 11.4. The number of nitro benzene ring substituents is 1. The van der Waals surface area contributed by atoms with Gasteiger partial charge in [0, 0.05) is 17.2 Å². The first-order chi connectivity index (χ1) is 9.02. The Morgan fingerprint density at radius 1 is 1.16 bits per heavy atom. The van der Waals surface area contributed by atoms with Gasteiger partial charge in [-0.1, -0.05) is 30.3 Å². The van der Waals surface area contributed by atoms with E-state index >= 15 is 0 Å². The zero-order valence-corrected chi connectivity index (χ0v) is 10.3. The molecule has 0 saturated heterocycles. The van der Waals surface area contributed by atoms with Crippen LogP contribution in [-0.2, 0) is 0 Å². The average molecular weight is 256 g/mol. The van der Waals surface area contributed by atoms with Crippen molar-refractivity contribution in [1.29, 1.82) is 0 Å². The van der Waals surface area contributed by atoms with Crippen molar-refractivity contribution < 1.29 is 9.72 Å². The van der Waals surface area contributed by atoms with Gasteiger partial charge >= 0.3 is 0 Å². The Hall–Kier alpha value is -2.69. The molecule has 0 bridgehead atoms. The molecule has 5 nitrogen and oxygen atoms in total. The van der Waals surface area contributed by atoms with E-state index in [1.165, 1.54) is 19.1 Å². The van der Waals surface area contributed by atoms with Crippen LogP contribution in [0.5, 0.6) is 0 Å². The van der Waals surface area contributed by atoms with Crippen molar-refractivity contribution in [3.05, 3.63) is 69.3 Å². The summed E-state index contributed by atoms with van der Waals surface area (Å²) in [5.41, 5.74) is 7.01. The van der Waals surface area contributed by atoms with Crippen LogP contribution in [0.1, 0.15) is 21.5 Å². The first-order valence-corrected chi connectivity index (χ1v) is 5.65. The minimum Gasteiger partial charge on any atom is -0.398 e. The smallest absolute Gasteiger partial charge is 0.274 e. The van der Waals surface area contributed by atoms with Gasteiger partial charge in [0.05, 0.1) is 16.2 Å². The van der Waals surface area contributed by atoms with E-state index in [-0.39, 0.29) is 22.7 Å². The molecule has 0 saturated carbocycles. The molecule has 96 valence electrons. The standard InChI is InChI=1S/C14H12N2O3/c1-9-12(16(18)19)8-7-11(13(9)15)14(17)10-5-3-2-4-6-10/h2-8H,15H2,1H3. The number of nitrogens with two attached hydrogens (primary N) is 1. The zero-order valence-electron chi connectivity index (χ0n) is 10.3. The number of benzene rings is 2. The topological polar surface area (TPSA) is 86.2 Å². The highest BCUT2D eigenvalue weighted by Crippen LogP contribution is 2.28. The van der Waals surface area contributed by atoms with Crippen molar-refractivity contribution in [2.45, 2.75) is 6.92 Å². The number of nitrogens with zero attached hydrogens (tertiary/aromatic N) is 1. The molecule has 0 aliphatic carbocycles. The lowest BCUT2D eigenvalue weighted by Crippen LogP contribution is -2.08. The molecule has 0 atom stereocenters. The molecule has 0 unspecified atom stereocenters. The largest absolute Gasteiger partial charge is 0.398 e. The van der Waals surface area contributed by atoms with Crippen LogP contribution in [0.3, 0.4) is 0 Å². The first kappa shape index (κ1) is 12.8. The second-order valence-corrected chi connectivity index (χ2v) is 4.12. The average Bonchev–Trinajstić information content (AvgIpc) is 2.41. The van der Waals surface area contributed by atoms with Crippen LogP contribution in [0, 0.1) is 17.0 Å². The SMILES string of the molecule is Cc1c([N+](=O)[O-])ccc(C(=O)c2ccccc2)c1N. The maximum atomic E-state index is 12.3. The minimum absolute atomic E-state index is 0.0814. The summed E-state index contributed by atoms with van der Waals surface area (Å²) in [5.74, 6) is -0.240. The number of hydrogen-bond donors (Lipinski definition) is 1. The second-order valence-electron chi connectivity index (χ2n) is 4.12. The van der Waals surface area contributed by atoms with Gasteiger partial charge in [-0.15, -0.1) is 0 Å². The van der Waals surface area contributed by atoms with Crippen molar-refractivity contribution in [2.24, 2.45) is 0 Å². The Balaban J connectivity index is 2.51. The fourth-order valence-electron chi connectivity index (χ4n) is 1.86. The molecule has 0 aromatic heterocycles. The molecule has 0 aliphatic heterocycles. The van der Waals surface area contributed by atoms with Crippen LogP contribution in [0.25, 0.3) is 0 Å². The van der Waals surface area contributed by atoms with Crippen LogP contribution in [0.2, 0.25) is 0 Å². The molecule has 2 rings (SSSR count). The van der Waals surface area contributed by atoms with E-state index in [0.717, 1.165) is 0 Å². The van der Waals surface area contributed by atoms with Crippen LogP contribution in [0.4, 0.5) is 11.4 Å². The quantitative estimate of drug-likeness (QED) is 0.396. The highest BCUT2D eigenvalue weighted by molar-refractivity contribution is 6.12. The van der Waals surface area contributed by atoms with Gasteiger partial charge in [0.25, 0.3) is 5.69 Å². The van der Waals surface area contributed by atoms with Crippen LogP contribution in [-0.4, -0.2) is 10.7 Å². The van der Waals surface area contributed by atoms with Gasteiger partial charge in [-0.25, -0.2) is 0 Å². The fourth-order valence-corrected chi connectivity index (χ4v) is 1.86. The molecule has 0 fully saturated rings. The van der Waals surface area contributed by atoms with Crippen molar-refractivity contribution in [2.75, 3.05) is 5.73 Å². The molecular weight excluding hydrogens is 244 g/mol. The van der Waals surface area contributed by atoms with Gasteiger partial charge in [0.1, 0.15) is 0 Å². The highest BCUT2D eigenvalue weighted by Gasteiger charge is 2.19. The summed E-state index contributed by atoms with van der Waals surface area (Å²) in [6.07, 6.45) is 0. The maximum absolute atomic E-state index is 12.3. The molecule has 2 aromatic carbocycles. The fraction of sp³-hybridized carbons (Fsp3) is 0.0714. The van der Waals surface area contributed by atoms with Crippen molar-refractivity contribution in [3.8, 4) is 0 Å². The minimum atomic E-state index is -0.511. The number of anilines is 1. The summed E-state index contributed by atoms with van der Waals surface area (Å²) in [4.78, 5) is 22.5. The molecule has 0 heterocycles. The van der Waals surface area contributed by atoms with Crippen molar-refractivity contribution in [1.82, 2.24) is 0 Å². The molecule has 0 aliphatic rings. The number of carbonyl (C=O) groups is 1. The summed E-state index contributed by atoms with van der Waals surface area (Å²) in [5, 5.41) is 10.8. The number of hydrogen-bond acceptors (Lipinski definition) is 4. The Bertz CT molecular complexity index is 651. The monoisotopic (exact) mass is 256 g/mol. The molecule has 0 amide bonds. The molecule has 2 aromatic rings. The molecular formula is C14H12N2O3. The molecule has 19 heavy (non-hydrogen) atoms. The van der Waals surface area contributed by atoms with Gasteiger partial charge in [0.2, 0.25) is 0 Å². The first-order valence-electron chi connectivity index (χ1n) is 5.65. The lowest BCUT2D eigenvalue weighted by atomic mass is 9.98. The third-order valence-corrected chi connectivity index (χ3v) is 2.96. The van der Waals surface area contributed by atoms with E-state index in [4.69, 9.17) is 5.73 Å². The van der Waals surface area contributed by atoms with Crippen LogP contribution in [0.15, 0.2) is 42.5 Å². The van der Waals surface area contributed by atoms with Crippen molar-refractivity contribution >= 4 is 17.2 Å². The third-order valence-electron chi connectivity index (χ3n) is 2.96. The third kappa shape index (κ3) is 2.30. The van der Waals surface area contributed by atoms with E-state index in [2.05, 4.69) is 0 Å². The highest BCUT2D eigenvalue weighted by atomic mass is 16.6. The van der Waals surface area contributed by atoms with Gasteiger partial charge in [-0.2, -0.15) is 0 Å². The maximum Gasteiger partial charge on any atom is 0.274 e. The number of nitro groups is 1. The predicted octanol–water partition coefficient (Wildman–Crippen LogP) is 2.72. The zero-order chi connectivity index (χ0) is 14.0. The summed E-state index contributed by atoms with van der Waals surface area (Å²) >= 11 is 0. The Labute approximate surface area is 109 Å². The van der Waals surface area contributed by atoms with E-state index in [1.807, 2.05) is 0 Å². The van der Waals surface area contributed by atoms with Crippen LogP contribution >= 0.6 is 0 Å². The van der Waals surface area contributed by atoms with Crippen molar-refractivity contribution in [3.63, 3.8) is 0 Å². The van der Waals surface area contributed by atoms with Gasteiger partial charge < -0.3 is 5.73 Å². The molecule has 0 spiro atoms. The number of ketones is 1. The lowest BCUT2D eigenvalue weighted by Gasteiger charge is -2.08. The van der Waals surface area contributed by atoms with Gasteiger partial charge in [-0.3, -0.25) is 14.9 Å². The van der Waals surface area contributed by atoms with Gasteiger partial charge in [0.15, 0.2) is 5.78 Å². The molecule has 0 radical (unpaired) electrons. The summed E-state index contributed by atoms with van der Waals surface area (Å²) in [7, 11) is 0. The number of rotatable bonds is 3. The van der Waals surface area contributed by atoms with Crippen LogP contribution < -0.4 is 5.73 Å². The Morgan fingerprint density at radius 2 is 1.79 bits per heavy atom. The normalized spacial score (nSPS) is 10.2.